The Morgan fingerprint density at radius 1 is 1.24 bits per heavy atom. The van der Waals surface area contributed by atoms with Gasteiger partial charge in [-0.05, 0) is 43.0 Å². The van der Waals surface area contributed by atoms with Gasteiger partial charge in [-0.3, -0.25) is 0 Å². The minimum Gasteiger partial charge on any atom is -0.392 e. The molecule has 0 spiro atoms. The summed E-state index contributed by atoms with van der Waals surface area (Å²) < 4.78 is 28.4. The van der Waals surface area contributed by atoms with Gasteiger partial charge < -0.3 is 5.73 Å². The number of nitrogens with two attached hydrogens (primary N) is 1. The van der Waals surface area contributed by atoms with Gasteiger partial charge in [0, 0.05) is 4.47 Å². The van der Waals surface area contributed by atoms with E-state index in [0.29, 0.717) is 0 Å². The third kappa shape index (κ3) is 4.48. The van der Waals surface area contributed by atoms with Crippen LogP contribution < -0.4 is 10.5 Å². The van der Waals surface area contributed by atoms with E-state index in [-0.39, 0.29) is 15.8 Å². The van der Waals surface area contributed by atoms with Crippen LogP contribution in [0, 0.1) is 5.92 Å². The Morgan fingerprint density at radius 2 is 1.81 bits per heavy atom. The maximum atomic E-state index is 12.5. The Morgan fingerprint density at radius 3 is 2.33 bits per heavy atom. The van der Waals surface area contributed by atoms with Crippen molar-refractivity contribution in [2.45, 2.75) is 43.0 Å². The lowest BCUT2D eigenvalue weighted by atomic mass is 9.84. The van der Waals surface area contributed by atoms with Crippen LogP contribution in [0.1, 0.15) is 32.1 Å². The van der Waals surface area contributed by atoms with Crippen molar-refractivity contribution in [2.75, 3.05) is 0 Å². The molecule has 7 heteroatoms. The van der Waals surface area contributed by atoms with Gasteiger partial charge in [0.15, 0.2) is 0 Å². The van der Waals surface area contributed by atoms with E-state index in [4.69, 9.17) is 18.0 Å². The monoisotopic (exact) mass is 390 g/mol. The van der Waals surface area contributed by atoms with E-state index >= 15 is 0 Å². The van der Waals surface area contributed by atoms with Gasteiger partial charge in [0.05, 0.1) is 15.9 Å². The molecule has 2 rings (SSSR count). The predicted octanol–water partition coefficient (Wildman–Crippen LogP) is 2.96. The van der Waals surface area contributed by atoms with Crippen molar-refractivity contribution in [3.8, 4) is 0 Å². The first kappa shape index (κ1) is 16.9. The Bertz CT molecular complexity index is 596. The van der Waals surface area contributed by atoms with Gasteiger partial charge in [-0.2, -0.15) is 0 Å². The van der Waals surface area contributed by atoms with Gasteiger partial charge in [-0.25, -0.2) is 13.1 Å². The zero-order valence-electron chi connectivity index (χ0n) is 11.6. The molecule has 21 heavy (non-hydrogen) atoms. The molecule has 1 aliphatic rings. The molecule has 1 aromatic carbocycles. The molecule has 4 nitrogen and oxygen atoms in total. The summed E-state index contributed by atoms with van der Waals surface area (Å²) in [5.74, 6) is 0.196. The van der Waals surface area contributed by atoms with Crippen LogP contribution >= 0.6 is 28.1 Å². The number of rotatable bonds is 5. The molecular formula is C14H19BrN2O2S2. The second-order valence-corrected chi connectivity index (χ2v) is 8.45. The van der Waals surface area contributed by atoms with Crippen LogP contribution in [-0.4, -0.2) is 19.4 Å². The minimum absolute atomic E-state index is 0.196. The first-order valence-electron chi connectivity index (χ1n) is 6.97. The molecule has 1 aliphatic carbocycles. The van der Waals surface area contributed by atoms with Gasteiger partial charge in [0.2, 0.25) is 10.0 Å². The largest absolute Gasteiger partial charge is 0.392 e. The molecular weight excluding hydrogens is 372 g/mol. The van der Waals surface area contributed by atoms with Gasteiger partial charge in [0.25, 0.3) is 0 Å². The highest BCUT2D eigenvalue weighted by atomic mass is 79.9. The number of benzene rings is 1. The fourth-order valence-corrected chi connectivity index (χ4v) is 4.58. The maximum Gasteiger partial charge on any atom is 0.241 e. The molecule has 1 fully saturated rings. The molecule has 116 valence electrons. The van der Waals surface area contributed by atoms with Crippen LogP contribution in [0.3, 0.4) is 0 Å². The number of sulfonamides is 1. The lowest BCUT2D eigenvalue weighted by Gasteiger charge is -2.30. The average Bonchev–Trinajstić information content (AvgIpc) is 2.46. The van der Waals surface area contributed by atoms with Crippen molar-refractivity contribution in [1.82, 2.24) is 4.72 Å². The first-order chi connectivity index (χ1) is 9.90. The Hall–Kier alpha value is -0.500. The van der Waals surface area contributed by atoms with E-state index in [9.17, 15) is 8.42 Å². The second kappa shape index (κ2) is 7.17. The van der Waals surface area contributed by atoms with Gasteiger partial charge in [-0.1, -0.05) is 47.4 Å². The summed E-state index contributed by atoms with van der Waals surface area (Å²) in [4.78, 5) is 0.449. The van der Waals surface area contributed by atoms with Crippen molar-refractivity contribution in [2.24, 2.45) is 11.7 Å². The molecule has 0 heterocycles. The fraction of sp³-hybridized carbons (Fsp3) is 0.500. The summed E-state index contributed by atoms with van der Waals surface area (Å²) in [5, 5.41) is 0. The minimum atomic E-state index is -3.61. The highest BCUT2D eigenvalue weighted by molar-refractivity contribution is 9.10. The van der Waals surface area contributed by atoms with Crippen LogP contribution in [0.5, 0.6) is 0 Å². The summed E-state index contributed by atoms with van der Waals surface area (Å²) in [5.41, 5.74) is 5.77. The van der Waals surface area contributed by atoms with Crippen molar-refractivity contribution < 1.29 is 8.42 Å². The van der Waals surface area contributed by atoms with Gasteiger partial charge in [-0.15, -0.1) is 0 Å². The van der Waals surface area contributed by atoms with Crippen molar-refractivity contribution in [3.63, 3.8) is 0 Å². The topological polar surface area (TPSA) is 72.2 Å². The third-order valence-electron chi connectivity index (χ3n) is 3.83. The molecule has 0 bridgehead atoms. The molecule has 1 unspecified atom stereocenters. The number of thiocarbonyl (C=S) groups is 1. The number of hydrogen-bond acceptors (Lipinski definition) is 3. The zero-order valence-corrected chi connectivity index (χ0v) is 14.8. The smallest absolute Gasteiger partial charge is 0.241 e. The highest BCUT2D eigenvalue weighted by Gasteiger charge is 2.30. The fourth-order valence-electron chi connectivity index (χ4n) is 2.70. The van der Waals surface area contributed by atoms with E-state index in [0.717, 1.165) is 30.2 Å². The van der Waals surface area contributed by atoms with E-state index < -0.39 is 16.1 Å². The molecule has 0 aromatic heterocycles. The molecule has 0 radical (unpaired) electrons. The average molecular weight is 391 g/mol. The van der Waals surface area contributed by atoms with Crippen LogP contribution in [0.4, 0.5) is 0 Å². The standard InChI is InChI=1S/C14H19BrN2O2S2/c15-11-6-8-12(9-7-11)21(18,19)17-13(14(16)20)10-4-2-1-3-5-10/h6-10,13,17H,1-5H2,(H2,16,20). The summed E-state index contributed by atoms with van der Waals surface area (Å²) in [6.07, 6.45) is 5.32. The van der Waals surface area contributed by atoms with Crippen molar-refractivity contribution >= 4 is 43.2 Å². The lowest BCUT2D eigenvalue weighted by Crippen LogP contribution is -2.48. The molecule has 1 aromatic rings. The molecule has 3 N–H and O–H groups in total. The molecule has 1 saturated carbocycles. The summed E-state index contributed by atoms with van der Waals surface area (Å²) in [6.45, 7) is 0. The van der Waals surface area contributed by atoms with E-state index in [1.165, 1.54) is 6.42 Å². The SMILES string of the molecule is NC(=S)C(NS(=O)(=O)c1ccc(Br)cc1)C1CCCCC1. The number of hydrogen-bond donors (Lipinski definition) is 2. The van der Waals surface area contributed by atoms with E-state index in [1.54, 1.807) is 24.3 Å². The number of nitrogens with one attached hydrogen (secondary N) is 1. The molecule has 1 atom stereocenters. The molecule has 0 aliphatic heterocycles. The summed E-state index contributed by atoms with van der Waals surface area (Å²) in [6, 6.07) is 6.05. The van der Waals surface area contributed by atoms with Gasteiger partial charge >= 0.3 is 0 Å². The zero-order chi connectivity index (χ0) is 15.5. The second-order valence-electron chi connectivity index (χ2n) is 5.35. The summed E-state index contributed by atoms with van der Waals surface area (Å²) >= 11 is 8.37. The van der Waals surface area contributed by atoms with Crippen molar-refractivity contribution in [1.29, 1.82) is 0 Å². The third-order valence-corrected chi connectivity index (χ3v) is 6.07. The Kier molecular flexibility index (Phi) is 5.76. The Labute approximate surface area is 139 Å². The van der Waals surface area contributed by atoms with Crippen LogP contribution in [0.15, 0.2) is 33.6 Å². The highest BCUT2D eigenvalue weighted by Crippen LogP contribution is 2.27. The normalized spacial score (nSPS) is 18.3. The van der Waals surface area contributed by atoms with E-state index in [2.05, 4.69) is 20.7 Å². The quantitative estimate of drug-likeness (QED) is 0.757. The Balaban J connectivity index is 2.18. The predicted molar refractivity (Wildman–Crippen MR) is 91.6 cm³/mol. The lowest BCUT2D eigenvalue weighted by molar-refractivity contribution is 0.330. The number of halogens is 1. The van der Waals surface area contributed by atoms with Gasteiger partial charge in [0.1, 0.15) is 0 Å². The van der Waals surface area contributed by atoms with Crippen LogP contribution in [0.2, 0.25) is 0 Å². The maximum absolute atomic E-state index is 12.5. The van der Waals surface area contributed by atoms with Crippen LogP contribution in [0.25, 0.3) is 0 Å². The molecule has 0 saturated heterocycles. The summed E-state index contributed by atoms with van der Waals surface area (Å²) in [7, 11) is -3.61. The van der Waals surface area contributed by atoms with Crippen LogP contribution in [-0.2, 0) is 10.0 Å². The first-order valence-corrected chi connectivity index (χ1v) is 9.66. The molecule has 0 amide bonds. The van der Waals surface area contributed by atoms with E-state index in [1.807, 2.05) is 0 Å². The van der Waals surface area contributed by atoms with Crippen molar-refractivity contribution in [3.05, 3.63) is 28.7 Å².